The molecule has 134 valence electrons. The molecule has 2 aromatic heterocycles. The molecule has 0 aliphatic carbocycles. The summed E-state index contributed by atoms with van der Waals surface area (Å²) in [5.74, 6) is 0.0260. The first-order valence-corrected chi connectivity index (χ1v) is 8.37. The predicted molar refractivity (Wildman–Crippen MR) is 100 cm³/mol. The van der Waals surface area contributed by atoms with Crippen molar-refractivity contribution >= 4 is 42.1 Å². The van der Waals surface area contributed by atoms with Gasteiger partial charge < -0.3 is 10.6 Å². The first kappa shape index (κ1) is 20.9. The Labute approximate surface area is 158 Å². The Hall–Kier alpha value is -1.15. The monoisotopic (exact) mass is 391 g/mol. The average Bonchev–Trinajstić information content (AvgIpc) is 3.19. The number of hydrogen-bond acceptors (Lipinski definition) is 5. The van der Waals surface area contributed by atoms with E-state index < -0.39 is 5.54 Å². The van der Waals surface area contributed by atoms with Crippen LogP contribution in [0.3, 0.4) is 0 Å². The van der Waals surface area contributed by atoms with Gasteiger partial charge in [0.05, 0.1) is 6.04 Å². The molecule has 1 saturated heterocycles. The number of halogens is 2. The molecule has 1 unspecified atom stereocenters. The molecular weight excluding hydrogens is 369 g/mol. The van der Waals surface area contributed by atoms with Crippen molar-refractivity contribution in [3.63, 3.8) is 0 Å². The van der Waals surface area contributed by atoms with E-state index in [1.165, 1.54) is 0 Å². The fraction of sp³-hybridized carbons (Fsp3) is 0.533. The topological polar surface area (TPSA) is 71.8 Å². The lowest BCUT2D eigenvalue weighted by atomic mass is 9.87. The van der Waals surface area contributed by atoms with E-state index in [-0.39, 0.29) is 36.8 Å². The van der Waals surface area contributed by atoms with Crippen LogP contribution in [0.4, 0.5) is 0 Å². The van der Waals surface area contributed by atoms with Crippen LogP contribution in [0.5, 0.6) is 0 Å². The number of amides is 1. The quantitative estimate of drug-likeness (QED) is 0.839. The van der Waals surface area contributed by atoms with E-state index in [4.69, 9.17) is 0 Å². The van der Waals surface area contributed by atoms with Crippen molar-refractivity contribution in [1.82, 2.24) is 25.4 Å². The molecular formula is C15H23Cl2N5OS. The normalized spacial score (nSPS) is 17.2. The highest BCUT2D eigenvalue weighted by Crippen LogP contribution is 2.29. The third-order valence-corrected chi connectivity index (χ3v) is 5.25. The van der Waals surface area contributed by atoms with Gasteiger partial charge in [0.1, 0.15) is 10.5 Å². The zero-order chi connectivity index (χ0) is 15.6. The van der Waals surface area contributed by atoms with Gasteiger partial charge in [0.2, 0.25) is 5.91 Å². The number of piperidine rings is 1. The Morgan fingerprint density at radius 1 is 1.42 bits per heavy atom. The summed E-state index contributed by atoms with van der Waals surface area (Å²) in [6.45, 7) is 5.64. The number of thiazole rings is 1. The molecule has 3 rings (SSSR count). The molecule has 6 nitrogen and oxygen atoms in total. The number of carbonyl (C=O) groups is 1. The number of carbonyl (C=O) groups excluding carboxylic acids is 1. The first-order chi connectivity index (χ1) is 10.6. The van der Waals surface area contributed by atoms with Crippen LogP contribution < -0.4 is 10.6 Å². The highest BCUT2D eigenvalue weighted by Gasteiger charge is 2.42. The van der Waals surface area contributed by atoms with Gasteiger partial charge in [-0.1, -0.05) is 0 Å². The molecule has 1 atom stereocenters. The minimum atomic E-state index is -0.602. The van der Waals surface area contributed by atoms with Crippen LogP contribution in [0.15, 0.2) is 24.7 Å². The first-order valence-electron chi connectivity index (χ1n) is 7.56. The van der Waals surface area contributed by atoms with Crippen LogP contribution in [0, 0.1) is 6.92 Å². The van der Waals surface area contributed by atoms with E-state index >= 15 is 0 Å². The van der Waals surface area contributed by atoms with Gasteiger partial charge in [-0.3, -0.25) is 9.48 Å². The molecule has 1 amide bonds. The molecule has 24 heavy (non-hydrogen) atoms. The Bertz CT molecular complexity index is 640. The largest absolute Gasteiger partial charge is 0.345 e. The average molecular weight is 392 g/mol. The summed E-state index contributed by atoms with van der Waals surface area (Å²) < 4.78 is 1.81. The second-order valence-corrected chi connectivity index (χ2v) is 7.00. The number of nitrogens with one attached hydrogen (secondary N) is 2. The summed E-state index contributed by atoms with van der Waals surface area (Å²) in [5.41, 5.74) is -0.602. The maximum Gasteiger partial charge on any atom is 0.248 e. The number of nitrogens with zero attached hydrogens (tertiary/aromatic N) is 3. The summed E-state index contributed by atoms with van der Waals surface area (Å²) in [5, 5.41) is 11.7. The van der Waals surface area contributed by atoms with Gasteiger partial charge in [-0.2, -0.15) is 5.10 Å². The third kappa shape index (κ3) is 4.08. The van der Waals surface area contributed by atoms with Crippen molar-refractivity contribution < 1.29 is 4.79 Å². The van der Waals surface area contributed by atoms with E-state index in [1.54, 1.807) is 17.5 Å². The fourth-order valence-corrected chi connectivity index (χ4v) is 3.66. The molecule has 0 bridgehead atoms. The lowest BCUT2D eigenvalue weighted by Gasteiger charge is -2.37. The predicted octanol–water partition coefficient (Wildman–Crippen LogP) is 2.45. The van der Waals surface area contributed by atoms with Crippen LogP contribution >= 0.6 is 36.2 Å². The van der Waals surface area contributed by atoms with Gasteiger partial charge >= 0.3 is 0 Å². The number of aryl methyl sites for hydroxylation is 1. The van der Waals surface area contributed by atoms with Gasteiger partial charge in [-0.25, -0.2) is 4.98 Å². The SMILES string of the molecule is Cc1cnc(C(C)NC(=O)C2(n3cccn3)CCNCC2)s1.Cl.Cl. The highest BCUT2D eigenvalue weighted by atomic mass is 35.5. The maximum absolute atomic E-state index is 13.0. The van der Waals surface area contributed by atoms with Gasteiger partial charge in [0, 0.05) is 23.5 Å². The summed E-state index contributed by atoms with van der Waals surface area (Å²) in [4.78, 5) is 18.5. The fourth-order valence-electron chi connectivity index (χ4n) is 2.89. The Kier molecular flexibility index (Phi) is 7.66. The molecule has 2 aromatic rings. The van der Waals surface area contributed by atoms with E-state index in [9.17, 15) is 4.79 Å². The van der Waals surface area contributed by atoms with Crippen molar-refractivity contribution in [1.29, 1.82) is 0 Å². The van der Waals surface area contributed by atoms with E-state index in [2.05, 4.69) is 20.7 Å². The van der Waals surface area contributed by atoms with Crippen molar-refractivity contribution in [2.24, 2.45) is 0 Å². The molecule has 1 aliphatic rings. The van der Waals surface area contributed by atoms with Crippen LogP contribution in [0.2, 0.25) is 0 Å². The standard InChI is InChI=1S/C15H21N5OS.2ClH/c1-11-10-17-13(22-11)12(2)19-14(21)15(4-7-16-8-5-15)20-9-3-6-18-20;;/h3,6,9-10,12,16H,4-5,7-8H2,1-2H3,(H,19,21);2*1H. The molecule has 1 fully saturated rings. The van der Waals surface area contributed by atoms with Crippen molar-refractivity contribution in [3.8, 4) is 0 Å². The third-order valence-electron chi connectivity index (χ3n) is 4.15. The zero-order valence-electron chi connectivity index (χ0n) is 13.7. The molecule has 0 aromatic carbocycles. The Balaban J connectivity index is 0.00000144. The smallest absolute Gasteiger partial charge is 0.248 e. The molecule has 3 heterocycles. The van der Waals surface area contributed by atoms with Crippen molar-refractivity contribution in [2.45, 2.75) is 38.3 Å². The second kappa shape index (κ2) is 8.80. The lowest BCUT2D eigenvalue weighted by molar-refractivity contribution is -0.132. The van der Waals surface area contributed by atoms with Gasteiger partial charge in [0.25, 0.3) is 0 Å². The second-order valence-electron chi connectivity index (χ2n) is 5.74. The molecule has 0 saturated carbocycles. The Morgan fingerprint density at radius 3 is 2.67 bits per heavy atom. The van der Waals surface area contributed by atoms with Crippen molar-refractivity contribution in [2.75, 3.05) is 13.1 Å². The summed E-state index contributed by atoms with van der Waals surface area (Å²) in [6, 6.07) is 1.78. The summed E-state index contributed by atoms with van der Waals surface area (Å²) in [6.07, 6.45) is 6.93. The molecule has 9 heteroatoms. The van der Waals surface area contributed by atoms with E-state index in [1.807, 2.05) is 37.0 Å². The lowest BCUT2D eigenvalue weighted by Crippen LogP contribution is -2.54. The number of aromatic nitrogens is 3. The van der Waals surface area contributed by atoms with Crippen LogP contribution in [-0.4, -0.2) is 33.8 Å². The van der Waals surface area contributed by atoms with Crippen LogP contribution in [-0.2, 0) is 10.3 Å². The molecule has 2 N–H and O–H groups in total. The van der Waals surface area contributed by atoms with Gasteiger partial charge in [-0.05, 0) is 45.8 Å². The van der Waals surface area contributed by atoms with Gasteiger partial charge in [-0.15, -0.1) is 36.2 Å². The van der Waals surface area contributed by atoms with Gasteiger partial charge in [0.15, 0.2) is 0 Å². The minimum absolute atomic E-state index is 0. The number of hydrogen-bond donors (Lipinski definition) is 2. The molecule has 1 aliphatic heterocycles. The maximum atomic E-state index is 13.0. The summed E-state index contributed by atoms with van der Waals surface area (Å²) >= 11 is 1.62. The Morgan fingerprint density at radius 2 is 2.12 bits per heavy atom. The molecule has 0 radical (unpaired) electrons. The van der Waals surface area contributed by atoms with E-state index in [0.29, 0.717) is 0 Å². The zero-order valence-corrected chi connectivity index (χ0v) is 16.1. The molecule has 0 spiro atoms. The summed E-state index contributed by atoms with van der Waals surface area (Å²) in [7, 11) is 0. The van der Waals surface area contributed by atoms with Crippen molar-refractivity contribution in [3.05, 3.63) is 34.5 Å². The van der Waals surface area contributed by atoms with Crippen LogP contribution in [0.1, 0.15) is 35.7 Å². The highest BCUT2D eigenvalue weighted by molar-refractivity contribution is 7.11. The number of rotatable bonds is 4. The van der Waals surface area contributed by atoms with Crippen LogP contribution in [0.25, 0.3) is 0 Å². The minimum Gasteiger partial charge on any atom is -0.345 e. The van der Waals surface area contributed by atoms with E-state index in [0.717, 1.165) is 35.8 Å².